The molecule has 2 aliphatic rings. The zero-order chi connectivity index (χ0) is 36.0. The Labute approximate surface area is 304 Å². The monoisotopic (exact) mass is 731 g/mol. The molecule has 9 nitrogen and oxygen atoms in total. The van der Waals surface area contributed by atoms with Gasteiger partial charge >= 0.3 is 5.97 Å². The van der Waals surface area contributed by atoms with E-state index < -0.39 is 42.2 Å². The Kier molecular flexibility index (Phi) is 17.1. The van der Waals surface area contributed by atoms with Gasteiger partial charge in [0.1, 0.15) is 0 Å². The van der Waals surface area contributed by atoms with Crippen molar-refractivity contribution in [2.75, 3.05) is 12.3 Å². The van der Waals surface area contributed by atoms with Crippen molar-refractivity contribution in [3.63, 3.8) is 0 Å². The Morgan fingerprint density at radius 2 is 1.64 bits per heavy atom. The van der Waals surface area contributed by atoms with Crippen molar-refractivity contribution in [1.82, 2.24) is 0 Å². The largest absolute Gasteiger partial charge is 0.479 e. The highest BCUT2D eigenvalue weighted by Crippen LogP contribution is 2.39. The fourth-order valence-corrected chi connectivity index (χ4v) is 10.5. The van der Waals surface area contributed by atoms with Gasteiger partial charge in [-0.25, -0.2) is 4.79 Å². The maximum absolute atomic E-state index is 12.2. The lowest BCUT2D eigenvalue weighted by Gasteiger charge is -2.36. The van der Waals surface area contributed by atoms with E-state index in [9.17, 15) is 40.5 Å². The van der Waals surface area contributed by atoms with Crippen LogP contribution in [0.5, 0.6) is 0 Å². The van der Waals surface area contributed by atoms with Crippen LogP contribution in [0, 0.1) is 29.6 Å². The molecule has 278 valence electrons. The molecule has 2 aromatic rings. The molecule has 0 aromatic heterocycles. The van der Waals surface area contributed by atoms with Crippen LogP contribution in [0.1, 0.15) is 73.6 Å². The fraction of sp³-hybridized carbons (Fsp3) is 0.615. The molecule has 0 amide bonds. The van der Waals surface area contributed by atoms with Crippen molar-refractivity contribution in [3.05, 3.63) is 82.9 Å². The third kappa shape index (κ3) is 12.1. The Balaban J connectivity index is 1.66. The molecule has 0 spiro atoms. The number of fused-ring (bicyclic) bond motifs is 1. The number of benzene rings is 2. The van der Waals surface area contributed by atoms with E-state index in [4.69, 9.17) is 5.73 Å². The van der Waals surface area contributed by atoms with Crippen molar-refractivity contribution >= 4 is 27.6 Å². The van der Waals surface area contributed by atoms with Crippen LogP contribution < -0.4 is 5.73 Å². The smallest absolute Gasteiger partial charge is 0.332 e. The first-order valence-corrected chi connectivity index (χ1v) is 20.6. The van der Waals surface area contributed by atoms with Crippen LogP contribution in [0.4, 0.5) is 0 Å². The average molecular weight is 732 g/mol. The molecule has 4 rings (SSSR count). The minimum Gasteiger partial charge on any atom is -0.479 e. The van der Waals surface area contributed by atoms with Crippen molar-refractivity contribution in [3.8, 4) is 0 Å². The second kappa shape index (κ2) is 20.9. The maximum Gasteiger partial charge on any atom is 0.332 e. The van der Waals surface area contributed by atoms with Gasteiger partial charge in [-0.2, -0.15) is 0 Å². The normalized spacial score (nSPS) is 29.1. The van der Waals surface area contributed by atoms with Gasteiger partial charge in [0.05, 0.1) is 31.0 Å². The highest BCUT2D eigenvalue weighted by Gasteiger charge is 2.38. The number of hydrogen-bond acceptors (Lipinski definition) is 10. The first kappa shape index (κ1) is 40.8. The lowest BCUT2D eigenvalue weighted by Crippen LogP contribution is -2.42. The summed E-state index contributed by atoms with van der Waals surface area (Å²) in [6.07, 6.45) is 3.94. The molecule has 1 heterocycles. The molecule has 0 radical (unpaired) electrons. The number of allylic oxidation sites excluding steroid dienone is 1. The molecule has 1 aliphatic carbocycles. The summed E-state index contributed by atoms with van der Waals surface area (Å²) in [6, 6.07) is 16.0. The van der Waals surface area contributed by atoms with E-state index in [2.05, 4.69) is 6.07 Å². The number of carbonyl (C=O) groups is 1. The van der Waals surface area contributed by atoms with Gasteiger partial charge < -0.3 is 41.5 Å². The second-order valence-corrected chi connectivity index (χ2v) is 16.8. The molecule has 1 saturated carbocycles. The molecule has 2 aromatic carbocycles. The zero-order valence-corrected chi connectivity index (χ0v) is 30.5. The van der Waals surface area contributed by atoms with Gasteiger partial charge in [-0.3, -0.25) is 0 Å². The summed E-state index contributed by atoms with van der Waals surface area (Å²) in [6.45, 7) is 0.166. The molecule has 1 aliphatic heterocycles. The predicted octanol–water partition coefficient (Wildman–Crippen LogP) is 4.48. The maximum atomic E-state index is 12.2. The number of carboxylic acids is 1. The van der Waals surface area contributed by atoms with E-state index in [-0.39, 0.29) is 37.0 Å². The minimum atomic E-state index is -1.65. The molecule has 0 unspecified atom stereocenters. The Morgan fingerprint density at radius 1 is 0.920 bits per heavy atom. The Hall–Kier alpha value is -1.93. The van der Waals surface area contributed by atoms with Crippen molar-refractivity contribution in [1.29, 1.82) is 0 Å². The van der Waals surface area contributed by atoms with E-state index >= 15 is 0 Å². The van der Waals surface area contributed by atoms with Gasteiger partial charge in [0.25, 0.3) is 0 Å². The summed E-state index contributed by atoms with van der Waals surface area (Å²) < 4.78 is 0. The molecule has 9 N–H and O–H groups in total. The standard InChI is InChI=1S/C39H57NO8S2/c40-18-17-33-34(38(46)39(47)48)16-13-27-7-1-2-8-30(27)23-49-50-24-31(20-25-5-3-6-26(19-25)22-41)29(21-36(33)44)9-4-10-35(43)37(45)28-11-14-32(42)15-12-28/h1-8,10,19,28-29,31-38,41-46H,9,11-18,20-24,40H2,(H,47,48)/t28?,29-,31+,32?,33+,34+,35+,36+,37-,38-/m1/s1. The van der Waals surface area contributed by atoms with Crippen LogP contribution in [0.3, 0.4) is 0 Å². The number of aliphatic hydroxyl groups excluding tert-OH is 6. The number of carboxylic acid groups (broad SMARTS) is 1. The lowest BCUT2D eigenvalue weighted by molar-refractivity contribution is -0.152. The van der Waals surface area contributed by atoms with E-state index in [1.54, 1.807) is 27.7 Å². The van der Waals surface area contributed by atoms with E-state index in [0.717, 1.165) is 33.8 Å². The summed E-state index contributed by atoms with van der Waals surface area (Å²) >= 11 is 0. The molecule has 0 saturated heterocycles. The Morgan fingerprint density at radius 3 is 2.34 bits per heavy atom. The minimum absolute atomic E-state index is 0.0576. The van der Waals surface area contributed by atoms with Gasteiger partial charge in [0.15, 0.2) is 6.10 Å². The van der Waals surface area contributed by atoms with Crippen molar-refractivity contribution in [2.24, 2.45) is 35.3 Å². The summed E-state index contributed by atoms with van der Waals surface area (Å²) in [7, 11) is 3.55. The van der Waals surface area contributed by atoms with Gasteiger partial charge in [-0.05, 0) is 117 Å². The first-order chi connectivity index (χ1) is 24.1. The molecule has 50 heavy (non-hydrogen) atoms. The van der Waals surface area contributed by atoms with Crippen LogP contribution >= 0.6 is 21.6 Å². The highest BCUT2D eigenvalue weighted by atomic mass is 33.1. The van der Waals surface area contributed by atoms with Crippen LogP contribution in [0.25, 0.3) is 0 Å². The fourth-order valence-electron chi connectivity index (χ4n) is 7.89. The van der Waals surface area contributed by atoms with Crippen LogP contribution in [-0.2, 0) is 30.0 Å². The molecule has 1 fully saturated rings. The molecular weight excluding hydrogens is 675 g/mol. The molecule has 0 bridgehead atoms. The number of aliphatic hydroxyl groups is 6. The molecule has 8 atom stereocenters. The quantitative estimate of drug-likeness (QED) is 0.114. The number of rotatable bonds is 12. The molecule has 11 heteroatoms. The van der Waals surface area contributed by atoms with Gasteiger partial charge in [0.2, 0.25) is 0 Å². The number of aryl methyl sites for hydroxylation is 1. The van der Waals surface area contributed by atoms with Crippen LogP contribution in [0.2, 0.25) is 0 Å². The summed E-state index contributed by atoms with van der Waals surface area (Å²) in [5.41, 5.74) is 10.2. The van der Waals surface area contributed by atoms with E-state index in [1.165, 1.54) is 0 Å². The number of nitrogens with two attached hydrogens (primary N) is 1. The summed E-state index contributed by atoms with van der Waals surface area (Å²) in [5, 5.41) is 74.5. The van der Waals surface area contributed by atoms with Crippen LogP contribution in [0.15, 0.2) is 60.7 Å². The average Bonchev–Trinajstić information content (AvgIpc) is 3.12. The molecular formula is C39H57NO8S2. The number of hydrogen-bond donors (Lipinski definition) is 8. The van der Waals surface area contributed by atoms with Crippen molar-refractivity contribution < 1.29 is 40.5 Å². The zero-order valence-electron chi connectivity index (χ0n) is 28.9. The van der Waals surface area contributed by atoms with E-state index in [0.29, 0.717) is 64.2 Å². The van der Waals surface area contributed by atoms with Crippen molar-refractivity contribution in [2.45, 2.75) is 107 Å². The SMILES string of the molecule is NCC[C@H]1[C@@H]([C@@H](O)C(=O)O)CCc2ccccc2CSSC[C@H](Cc2cccc(CO)c2)[C@H](CC=C[C@H](O)[C@H](O)C2CCC(O)CC2)C[C@@H]1O. The predicted molar refractivity (Wildman–Crippen MR) is 200 cm³/mol. The lowest BCUT2D eigenvalue weighted by atomic mass is 9.73. The first-order valence-electron chi connectivity index (χ1n) is 18.1. The third-order valence-corrected chi connectivity index (χ3v) is 13.3. The third-order valence-electron chi connectivity index (χ3n) is 10.9. The summed E-state index contributed by atoms with van der Waals surface area (Å²) in [4.78, 5) is 12.2. The van der Waals surface area contributed by atoms with Gasteiger partial charge in [-0.1, -0.05) is 82.3 Å². The van der Waals surface area contributed by atoms with E-state index in [1.807, 2.05) is 48.5 Å². The summed E-state index contributed by atoms with van der Waals surface area (Å²) in [5.74, 6) is -1.18. The van der Waals surface area contributed by atoms with Gasteiger partial charge in [0, 0.05) is 17.4 Å². The second-order valence-electron chi connectivity index (χ2n) is 14.3. The topological polar surface area (TPSA) is 185 Å². The number of aliphatic carboxylic acids is 1. The highest BCUT2D eigenvalue weighted by molar-refractivity contribution is 8.76. The van der Waals surface area contributed by atoms with Gasteiger partial charge in [-0.15, -0.1) is 0 Å². The Bertz CT molecular complexity index is 1340. The van der Waals surface area contributed by atoms with Crippen LogP contribution in [-0.4, -0.2) is 84.5 Å².